The second kappa shape index (κ2) is 4.75. The number of amides is 2. The molecule has 1 aromatic carbocycles. The zero-order chi connectivity index (χ0) is 12.3. The quantitative estimate of drug-likeness (QED) is 0.732. The number of benzene rings is 1. The van der Waals surface area contributed by atoms with Crippen LogP contribution in [0.25, 0.3) is 0 Å². The van der Waals surface area contributed by atoms with Gasteiger partial charge < -0.3 is 16.8 Å². The van der Waals surface area contributed by atoms with E-state index in [2.05, 4.69) is 5.32 Å². The van der Waals surface area contributed by atoms with Crippen LogP contribution in [0.2, 0.25) is 0 Å². The first-order chi connectivity index (χ1) is 8.10. The van der Waals surface area contributed by atoms with Crippen LogP contribution in [0.3, 0.4) is 0 Å². The van der Waals surface area contributed by atoms with Gasteiger partial charge in [0, 0.05) is 11.2 Å². The highest BCUT2D eigenvalue weighted by molar-refractivity contribution is 5.87. The van der Waals surface area contributed by atoms with E-state index in [-0.39, 0.29) is 5.54 Å². The molecule has 0 heterocycles. The molecule has 1 aliphatic carbocycles. The Labute approximate surface area is 101 Å². The van der Waals surface area contributed by atoms with Gasteiger partial charge in [-0.1, -0.05) is 31.4 Å². The molecular weight excluding hydrogens is 214 g/mol. The Morgan fingerprint density at radius 1 is 1.24 bits per heavy atom. The summed E-state index contributed by atoms with van der Waals surface area (Å²) in [5.74, 6) is 0. The van der Waals surface area contributed by atoms with E-state index in [4.69, 9.17) is 11.5 Å². The molecule has 4 nitrogen and oxygen atoms in total. The van der Waals surface area contributed by atoms with Crippen molar-refractivity contribution in [3.8, 4) is 0 Å². The first kappa shape index (κ1) is 11.9. The number of carbonyl (C=O) groups is 1. The molecule has 0 saturated heterocycles. The van der Waals surface area contributed by atoms with E-state index in [0.717, 1.165) is 18.4 Å². The second-order valence-electron chi connectivity index (χ2n) is 4.79. The molecule has 4 heteroatoms. The maximum atomic E-state index is 10.8. The van der Waals surface area contributed by atoms with Gasteiger partial charge in [0.1, 0.15) is 0 Å². The summed E-state index contributed by atoms with van der Waals surface area (Å²) >= 11 is 0. The van der Waals surface area contributed by atoms with Gasteiger partial charge in [0.05, 0.1) is 0 Å². The van der Waals surface area contributed by atoms with E-state index >= 15 is 0 Å². The third kappa shape index (κ3) is 2.77. The number of nitrogens with one attached hydrogen (secondary N) is 1. The number of anilines is 1. The molecule has 17 heavy (non-hydrogen) atoms. The van der Waals surface area contributed by atoms with Gasteiger partial charge in [0.2, 0.25) is 0 Å². The molecule has 0 atom stereocenters. The minimum atomic E-state index is -0.545. The monoisotopic (exact) mass is 233 g/mol. The smallest absolute Gasteiger partial charge is 0.316 e. The van der Waals surface area contributed by atoms with Gasteiger partial charge in [-0.25, -0.2) is 4.79 Å². The molecule has 1 saturated carbocycles. The summed E-state index contributed by atoms with van der Waals surface area (Å²) in [5, 5.41) is 2.58. The molecule has 92 valence electrons. The van der Waals surface area contributed by atoms with Crippen LogP contribution in [0.15, 0.2) is 24.3 Å². The molecule has 1 aliphatic rings. The van der Waals surface area contributed by atoms with Crippen LogP contribution in [-0.4, -0.2) is 6.03 Å². The van der Waals surface area contributed by atoms with E-state index < -0.39 is 6.03 Å². The molecule has 0 radical (unpaired) electrons. The van der Waals surface area contributed by atoms with Crippen LogP contribution in [0.1, 0.15) is 37.7 Å². The number of nitrogens with two attached hydrogens (primary N) is 2. The van der Waals surface area contributed by atoms with Crippen molar-refractivity contribution < 1.29 is 4.79 Å². The maximum Gasteiger partial charge on any atom is 0.316 e. The second-order valence-corrected chi connectivity index (χ2v) is 4.79. The topological polar surface area (TPSA) is 81.1 Å². The maximum absolute atomic E-state index is 10.8. The molecule has 0 bridgehead atoms. The minimum absolute atomic E-state index is 0.242. The van der Waals surface area contributed by atoms with Crippen molar-refractivity contribution in [1.82, 2.24) is 0 Å². The fourth-order valence-electron chi connectivity index (χ4n) is 2.52. The van der Waals surface area contributed by atoms with Gasteiger partial charge in [0.25, 0.3) is 0 Å². The Morgan fingerprint density at radius 2 is 1.94 bits per heavy atom. The van der Waals surface area contributed by atoms with Crippen LogP contribution in [0, 0.1) is 0 Å². The van der Waals surface area contributed by atoms with Crippen molar-refractivity contribution in [1.29, 1.82) is 0 Å². The lowest BCUT2D eigenvalue weighted by Gasteiger charge is -2.34. The fraction of sp³-hybridized carbons (Fsp3) is 0.462. The molecule has 2 rings (SSSR count). The summed E-state index contributed by atoms with van der Waals surface area (Å²) in [4.78, 5) is 10.8. The lowest BCUT2D eigenvalue weighted by Crippen LogP contribution is -2.38. The SMILES string of the molecule is NC(=O)Nc1cccc(C2(N)CCCCC2)c1. The standard InChI is InChI=1S/C13H19N3O/c14-12(17)16-11-6-4-5-10(9-11)13(15)7-2-1-3-8-13/h4-6,9H,1-3,7-8,15H2,(H3,14,16,17). The van der Waals surface area contributed by atoms with Crippen molar-refractivity contribution in [2.24, 2.45) is 11.5 Å². The molecule has 0 aliphatic heterocycles. The van der Waals surface area contributed by atoms with E-state index in [9.17, 15) is 4.79 Å². The van der Waals surface area contributed by atoms with Crippen LogP contribution in [0.5, 0.6) is 0 Å². The van der Waals surface area contributed by atoms with Crippen LogP contribution in [0.4, 0.5) is 10.5 Å². The largest absolute Gasteiger partial charge is 0.351 e. The predicted octanol–water partition coefficient (Wildman–Crippen LogP) is 2.30. The number of urea groups is 1. The van der Waals surface area contributed by atoms with E-state index in [1.807, 2.05) is 24.3 Å². The van der Waals surface area contributed by atoms with Crippen LogP contribution in [-0.2, 0) is 5.54 Å². The Balaban J connectivity index is 2.22. The fourth-order valence-corrected chi connectivity index (χ4v) is 2.52. The van der Waals surface area contributed by atoms with Crippen molar-refractivity contribution in [3.05, 3.63) is 29.8 Å². The summed E-state index contributed by atoms with van der Waals surface area (Å²) in [7, 11) is 0. The molecule has 0 aromatic heterocycles. The van der Waals surface area contributed by atoms with Gasteiger partial charge in [-0.15, -0.1) is 0 Å². The summed E-state index contributed by atoms with van der Waals surface area (Å²) in [6.45, 7) is 0. The highest BCUT2D eigenvalue weighted by atomic mass is 16.2. The lowest BCUT2D eigenvalue weighted by atomic mass is 9.77. The number of hydrogen-bond donors (Lipinski definition) is 3. The molecule has 1 fully saturated rings. The van der Waals surface area contributed by atoms with Gasteiger partial charge >= 0.3 is 6.03 Å². The van der Waals surface area contributed by atoms with E-state index in [1.165, 1.54) is 19.3 Å². The van der Waals surface area contributed by atoms with E-state index in [0.29, 0.717) is 5.69 Å². The third-order valence-corrected chi connectivity index (χ3v) is 3.45. The number of rotatable bonds is 2. The Hall–Kier alpha value is -1.55. The van der Waals surface area contributed by atoms with E-state index in [1.54, 1.807) is 0 Å². The summed E-state index contributed by atoms with van der Waals surface area (Å²) < 4.78 is 0. The highest BCUT2D eigenvalue weighted by Crippen LogP contribution is 2.35. The average Bonchev–Trinajstić information content (AvgIpc) is 2.29. The molecular formula is C13H19N3O. The Kier molecular flexibility index (Phi) is 3.33. The molecule has 0 unspecified atom stereocenters. The predicted molar refractivity (Wildman–Crippen MR) is 68.6 cm³/mol. The average molecular weight is 233 g/mol. The lowest BCUT2D eigenvalue weighted by molar-refractivity contribution is 0.259. The number of hydrogen-bond acceptors (Lipinski definition) is 2. The first-order valence-corrected chi connectivity index (χ1v) is 6.06. The molecule has 1 aromatic rings. The van der Waals surface area contributed by atoms with Crippen molar-refractivity contribution in [3.63, 3.8) is 0 Å². The minimum Gasteiger partial charge on any atom is -0.351 e. The molecule has 0 spiro atoms. The Morgan fingerprint density at radius 3 is 2.59 bits per heavy atom. The summed E-state index contributed by atoms with van der Waals surface area (Å²) in [6.07, 6.45) is 5.62. The number of primary amides is 1. The van der Waals surface area contributed by atoms with Crippen molar-refractivity contribution >= 4 is 11.7 Å². The highest BCUT2D eigenvalue weighted by Gasteiger charge is 2.29. The number of carbonyl (C=O) groups excluding carboxylic acids is 1. The third-order valence-electron chi connectivity index (χ3n) is 3.45. The van der Waals surface area contributed by atoms with Crippen molar-refractivity contribution in [2.75, 3.05) is 5.32 Å². The van der Waals surface area contributed by atoms with Crippen molar-refractivity contribution in [2.45, 2.75) is 37.6 Å². The zero-order valence-electron chi connectivity index (χ0n) is 9.91. The summed E-state index contributed by atoms with van der Waals surface area (Å²) in [5.41, 5.74) is 13.1. The van der Waals surface area contributed by atoms with Gasteiger partial charge in [-0.2, -0.15) is 0 Å². The van der Waals surface area contributed by atoms with Gasteiger partial charge in [-0.05, 0) is 30.5 Å². The first-order valence-electron chi connectivity index (χ1n) is 6.06. The molecule has 5 N–H and O–H groups in total. The zero-order valence-corrected chi connectivity index (χ0v) is 9.91. The van der Waals surface area contributed by atoms with Crippen LogP contribution < -0.4 is 16.8 Å². The van der Waals surface area contributed by atoms with Gasteiger partial charge in [0.15, 0.2) is 0 Å². The van der Waals surface area contributed by atoms with Gasteiger partial charge in [-0.3, -0.25) is 0 Å². The normalized spacial score (nSPS) is 18.6. The Bertz CT molecular complexity index is 411. The molecule has 2 amide bonds. The van der Waals surface area contributed by atoms with Crippen LogP contribution >= 0.6 is 0 Å². The summed E-state index contributed by atoms with van der Waals surface area (Å²) in [6, 6.07) is 7.13.